The van der Waals surface area contributed by atoms with Crippen molar-refractivity contribution in [2.75, 3.05) is 6.54 Å². The first-order chi connectivity index (χ1) is 12.6. The van der Waals surface area contributed by atoms with Gasteiger partial charge in [0.05, 0.1) is 0 Å². The minimum Gasteiger partial charge on any atom is -0.504 e. The van der Waals surface area contributed by atoms with Crippen LogP contribution in [0.2, 0.25) is 0 Å². The molecular formula is C23H23NO2. The predicted octanol–water partition coefficient (Wildman–Crippen LogP) is 4.43. The van der Waals surface area contributed by atoms with E-state index in [1.54, 1.807) is 12.1 Å². The zero-order valence-electron chi connectivity index (χ0n) is 14.8. The standard InChI is InChI=1S/C23H23NO2/c1-15-7-5-6-10-18(15)22(16-8-3-2-4-9-16)23-19-14-21(26)20(25)13-17(19)11-12-24-23/h2-10,13-14,22-26H,11-12H2,1H3/t22-,23-/m0/s1. The highest BCUT2D eigenvalue weighted by Gasteiger charge is 2.31. The highest BCUT2D eigenvalue weighted by molar-refractivity contribution is 5.51. The zero-order chi connectivity index (χ0) is 18.1. The number of aryl methyl sites for hydroxylation is 1. The summed E-state index contributed by atoms with van der Waals surface area (Å²) in [4.78, 5) is 0. The van der Waals surface area contributed by atoms with Gasteiger partial charge in [0.25, 0.3) is 0 Å². The predicted molar refractivity (Wildman–Crippen MR) is 104 cm³/mol. The maximum absolute atomic E-state index is 10.1. The van der Waals surface area contributed by atoms with Crippen LogP contribution in [-0.4, -0.2) is 16.8 Å². The number of fused-ring (bicyclic) bond motifs is 1. The Kier molecular flexibility index (Phi) is 4.39. The third kappa shape index (κ3) is 2.95. The lowest BCUT2D eigenvalue weighted by molar-refractivity contribution is 0.396. The molecular weight excluding hydrogens is 322 g/mol. The van der Waals surface area contributed by atoms with Crippen LogP contribution in [0.15, 0.2) is 66.7 Å². The average Bonchev–Trinajstić information content (AvgIpc) is 2.66. The molecule has 0 aliphatic carbocycles. The summed E-state index contributed by atoms with van der Waals surface area (Å²) >= 11 is 0. The van der Waals surface area contributed by atoms with E-state index in [1.807, 2.05) is 6.07 Å². The quantitative estimate of drug-likeness (QED) is 0.616. The fourth-order valence-corrected chi connectivity index (χ4v) is 4.06. The molecule has 4 rings (SSSR count). The second-order valence-electron chi connectivity index (χ2n) is 6.97. The van der Waals surface area contributed by atoms with Crippen molar-refractivity contribution in [3.05, 3.63) is 94.5 Å². The van der Waals surface area contributed by atoms with Crippen LogP contribution < -0.4 is 5.32 Å². The first-order valence-electron chi connectivity index (χ1n) is 9.04. The zero-order valence-corrected chi connectivity index (χ0v) is 14.8. The highest BCUT2D eigenvalue weighted by atomic mass is 16.3. The molecule has 26 heavy (non-hydrogen) atoms. The van der Waals surface area contributed by atoms with Gasteiger partial charge in [0.1, 0.15) is 0 Å². The van der Waals surface area contributed by atoms with Crippen molar-refractivity contribution in [2.24, 2.45) is 0 Å². The summed E-state index contributed by atoms with van der Waals surface area (Å²) in [6.07, 6.45) is 0.842. The summed E-state index contributed by atoms with van der Waals surface area (Å²) < 4.78 is 0. The van der Waals surface area contributed by atoms with Crippen LogP contribution in [0, 0.1) is 6.92 Å². The van der Waals surface area contributed by atoms with Crippen LogP contribution in [0.4, 0.5) is 0 Å². The Morgan fingerprint density at radius 3 is 2.38 bits per heavy atom. The van der Waals surface area contributed by atoms with Crippen molar-refractivity contribution < 1.29 is 10.2 Å². The van der Waals surface area contributed by atoms with Crippen LogP contribution >= 0.6 is 0 Å². The number of hydrogen-bond donors (Lipinski definition) is 3. The van der Waals surface area contributed by atoms with Gasteiger partial charge in [-0.2, -0.15) is 0 Å². The fraction of sp³-hybridized carbons (Fsp3) is 0.217. The molecule has 1 aliphatic heterocycles. The Bertz CT molecular complexity index is 921. The molecule has 0 spiro atoms. The van der Waals surface area contributed by atoms with Crippen LogP contribution in [0.5, 0.6) is 11.5 Å². The van der Waals surface area contributed by atoms with Gasteiger partial charge in [-0.25, -0.2) is 0 Å². The monoisotopic (exact) mass is 345 g/mol. The van der Waals surface area contributed by atoms with E-state index in [2.05, 4.69) is 60.8 Å². The molecule has 1 aliphatic rings. The first-order valence-corrected chi connectivity index (χ1v) is 9.04. The maximum Gasteiger partial charge on any atom is 0.157 e. The lowest BCUT2D eigenvalue weighted by Gasteiger charge is -2.35. The van der Waals surface area contributed by atoms with Crippen LogP contribution in [0.25, 0.3) is 0 Å². The number of benzene rings is 3. The topological polar surface area (TPSA) is 52.5 Å². The molecule has 3 N–H and O–H groups in total. The molecule has 0 saturated heterocycles. The first kappa shape index (κ1) is 16.7. The smallest absolute Gasteiger partial charge is 0.157 e. The molecule has 3 aromatic rings. The summed E-state index contributed by atoms with van der Waals surface area (Å²) in [7, 11) is 0. The van der Waals surface area contributed by atoms with E-state index >= 15 is 0 Å². The van der Waals surface area contributed by atoms with E-state index in [1.165, 1.54) is 16.7 Å². The number of nitrogens with one attached hydrogen (secondary N) is 1. The van der Waals surface area contributed by atoms with Crippen molar-refractivity contribution in [3.63, 3.8) is 0 Å². The van der Waals surface area contributed by atoms with Gasteiger partial charge in [-0.1, -0.05) is 54.6 Å². The van der Waals surface area contributed by atoms with Gasteiger partial charge < -0.3 is 15.5 Å². The summed E-state index contributed by atoms with van der Waals surface area (Å²) in [6.45, 7) is 2.99. The van der Waals surface area contributed by atoms with E-state index in [0.29, 0.717) is 0 Å². The Hall–Kier alpha value is -2.78. The van der Waals surface area contributed by atoms with Gasteiger partial charge in [0.15, 0.2) is 11.5 Å². The summed E-state index contributed by atoms with van der Waals surface area (Å²) in [5.74, 6) is 0.0194. The van der Waals surface area contributed by atoms with E-state index in [9.17, 15) is 10.2 Å². The number of aromatic hydroxyl groups is 2. The van der Waals surface area contributed by atoms with E-state index in [-0.39, 0.29) is 23.5 Å². The van der Waals surface area contributed by atoms with Crippen LogP contribution in [0.1, 0.15) is 39.8 Å². The van der Waals surface area contributed by atoms with Crippen molar-refractivity contribution in [3.8, 4) is 11.5 Å². The molecule has 1 heterocycles. The molecule has 0 unspecified atom stereocenters. The van der Waals surface area contributed by atoms with Gasteiger partial charge >= 0.3 is 0 Å². The lowest BCUT2D eigenvalue weighted by Crippen LogP contribution is -2.34. The number of phenolic OH excluding ortho intramolecular Hbond substituents is 2. The highest BCUT2D eigenvalue weighted by Crippen LogP contribution is 2.43. The number of hydrogen-bond acceptors (Lipinski definition) is 3. The maximum atomic E-state index is 10.1. The SMILES string of the molecule is Cc1ccccc1[C@H](c1ccccc1)[C@H]1NCCc2cc(O)c(O)cc21. The molecule has 3 nitrogen and oxygen atoms in total. The molecule has 0 radical (unpaired) electrons. The minimum atomic E-state index is -0.0611. The van der Waals surface area contributed by atoms with Gasteiger partial charge in [0, 0.05) is 12.0 Å². The Labute approximate surface area is 154 Å². The van der Waals surface area contributed by atoms with E-state index < -0.39 is 0 Å². The average molecular weight is 345 g/mol. The van der Waals surface area contributed by atoms with Crippen LogP contribution in [0.3, 0.4) is 0 Å². The molecule has 132 valence electrons. The Morgan fingerprint density at radius 2 is 1.62 bits per heavy atom. The number of phenols is 2. The number of rotatable bonds is 3. The molecule has 0 saturated carbocycles. The normalized spacial score (nSPS) is 17.5. The van der Waals surface area contributed by atoms with E-state index in [0.717, 1.165) is 24.1 Å². The largest absolute Gasteiger partial charge is 0.504 e. The second kappa shape index (κ2) is 6.85. The second-order valence-corrected chi connectivity index (χ2v) is 6.97. The van der Waals surface area contributed by atoms with E-state index in [4.69, 9.17) is 0 Å². The third-order valence-electron chi connectivity index (χ3n) is 5.35. The summed E-state index contributed by atoms with van der Waals surface area (Å²) in [5, 5.41) is 23.7. The Balaban J connectivity index is 1.89. The Morgan fingerprint density at radius 1 is 0.923 bits per heavy atom. The van der Waals surface area contributed by atoms with Crippen LogP contribution in [-0.2, 0) is 6.42 Å². The third-order valence-corrected chi connectivity index (χ3v) is 5.35. The van der Waals surface area contributed by atoms with Gasteiger partial charge in [-0.05, 0) is 59.8 Å². The molecule has 0 amide bonds. The summed E-state index contributed by atoms with van der Waals surface area (Å²) in [6, 6.07) is 22.4. The molecule has 0 fully saturated rings. The molecule has 3 heteroatoms. The molecule has 0 aromatic heterocycles. The minimum absolute atomic E-state index is 0.0359. The van der Waals surface area contributed by atoms with Crippen molar-refractivity contribution in [2.45, 2.75) is 25.3 Å². The molecule has 3 aromatic carbocycles. The molecule has 0 bridgehead atoms. The lowest BCUT2D eigenvalue weighted by atomic mass is 9.77. The van der Waals surface area contributed by atoms with Crippen molar-refractivity contribution >= 4 is 0 Å². The van der Waals surface area contributed by atoms with Crippen molar-refractivity contribution in [1.29, 1.82) is 0 Å². The van der Waals surface area contributed by atoms with Gasteiger partial charge in [-0.3, -0.25) is 0 Å². The van der Waals surface area contributed by atoms with Gasteiger partial charge in [0.2, 0.25) is 0 Å². The molecule has 2 atom stereocenters. The summed E-state index contributed by atoms with van der Waals surface area (Å²) in [5.41, 5.74) is 5.91. The van der Waals surface area contributed by atoms with Gasteiger partial charge in [-0.15, -0.1) is 0 Å². The fourth-order valence-electron chi connectivity index (χ4n) is 4.06. The van der Waals surface area contributed by atoms with Crippen molar-refractivity contribution in [1.82, 2.24) is 5.32 Å².